The maximum Gasteiger partial charge on any atom is 0.171 e. The second kappa shape index (κ2) is 8.81. The van der Waals surface area contributed by atoms with Crippen LogP contribution in [-0.4, -0.2) is 31.2 Å². The van der Waals surface area contributed by atoms with E-state index in [-0.39, 0.29) is 0 Å². The zero-order valence-corrected chi connectivity index (χ0v) is 16.9. The van der Waals surface area contributed by atoms with Crippen LogP contribution in [0.15, 0.2) is 42.6 Å². The molecule has 0 saturated carbocycles. The van der Waals surface area contributed by atoms with Crippen LogP contribution in [0.1, 0.15) is 28.9 Å². The van der Waals surface area contributed by atoms with Gasteiger partial charge in [0.15, 0.2) is 10.9 Å². The van der Waals surface area contributed by atoms with E-state index in [1.807, 2.05) is 34.6 Å². The molecule has 0 aliphatic rings. The number of aryl methyl sites for hydroxylation is 4. The van der Waals surface area contributed by atoms with Crippen LogP contribution in [0.25, 0.3) is 0 Å². The van der Waals surface area contributed by atoms with Crippen LogP contribution in [0.2, 0.25) is 0 Å². The number of aromatic nitrogens is 4. The fraction of sp³-hybridized carbons (Fsp3) is 0.350. The van der Waals surface area contributed by atoms with E-state index >= 15 is 0 Å². The molecule has 1 aromatic carbocycles. The summed E-state index contributed by atoms with van der Waals surface area (Å²) >= 11 is 5.36. The van der Waals surface area contributed by atoms with E-state index in [2.05, 4.69) is 58.9 Å². The van der Waals surface area contributed by atoms with Crippen molar-refractivity contribution >= 4 is 23.1 Å². The third kappa shape index (κ3) is 5.40. The Balaban J connectivity index is 1.42. The Labute approximate surface area is 165 Å². The number of hydrogen-bond donors (Lipinski definition) is 2. The number of rotatable bonds is 7. The van der Waals surface area contributed by atoms with Crippen molar-refractivity contribution in [2.75, 3.05) is 11.9 Å². The van der Waals surface area contributed by atoms with Gasteiger partial charge in [-0.1, -0.05) is 24.3 Å². The first-order valence-electron chi connectivity index (χ1n) is 9.15. The van der Waals surface area contributed by atoms with Gasteiger partial charge in [0.2, 0.25) is 0 Å². The lowest BCUT2D eigenvalue weighted by atomic mass is 10.1. The van der Waals surface area contributed by atoms with Crippen molar-refractivity contribution < 1.29 is 0 Å². The van der Waals surface area contributed by atoms with Crippen LogP contribution in [0.3, 0.4) is 0 Å². The molecule has 0 unspecified atom stereocenters. The summed E-state index contributed by atoms with van der Waals surface area (Å²) < 4.78 is 3.94. The molecule has 0 aliphatic heterocycles. The van der Waals surface area contributed by atoms with Crippen molar-refractivity contribution in [1.82, 2.24) is 24.9 Å². The normalized spacial score (nSPS) is 10.8. The highest BCUT2D eigenvalue weighted by Gasteiger charge is 2.04. The molecule has 0 aliphatic carbocycles. The first-order valence-corrected chi connectivity index (χ1v) is 9.56. The Kier molecular flexibility index (Phi) is 6.24. The summed E-state index contributed by atoms with van der Waals surface area (Å²) in [6, 6.07) is 12.4. The van der Waals surface area contributed by atoms with Crippen LogP contribution in [0, 0.1) is 20.8 Å². The minimum absolute atomic E-state index is 0.588. The van der Waals surface area contributed by atoms with Crippen molar-refractivity contribution in [1.29, 1.82) is 0 Å². The predicted octanol–water partition coefficient (Wildman–Crippen LogP) is 3.43. The van der Waals surface area contributed by atoms with E-state index in [1.54, 1.807) is 0 Å². The fourth-order valence-corrected chi connectivity index (χ4v) is 3.18. The van der Waals surface area contributed by atoms with Crippen LogP contribution < -0.4 is 10.6 Å². The molecule has 3 aromatic rings. The molecule has 7 heteroatoms. The Bertz CT molecular complexity index is 911. The maximum atomic E-state index is 5.36. The van der Waals surface area contributed by atoms with E-state index in [9.17, 15) is 0 Å². The first-order chi connectivity index (χ1) is 13.0. The van der Waals surface area contributed by atoms with Crippen LogP contribution in [0.5, 0.6) is 0 Å². The summed E-state index contributed by atoms with van der Waals surface area (Å²) in [5.74, 6) is 0.750. The third-order valence-electron chi connectivity index (χ3n) is 4.41. The number of benzene rings is 1. The molecule has 2 aromatic heterocycles. The predicted molar refractivity (Wildman–Crippen MR) is 113 cm³/mol. The van der Waals surface area contributed by atoms with E-state index < -0.39 is 0 Å². The molecule has 0 spiro atoms. The molecule has 142 valence electrons. The maximum absolute atomic E-state index is 5.36. The van der Waals surface area contributed by atoms with Gasteiger partial charge in [-0.15, -0.1) is 0 Å². The number of anilines is 1. The van der Waals surface area contributed by atoms with E-state index in [1.165, 1.54) is 16.8 Å². The van der Waals surface area contributed by atoms with Gasteiger partial charge in [0, 0.05) is 31.0 Å². The second-order valence-electron chi connectivity index (χ2n) is 6.71. The molecule has 0 atom stereocenters. The molecule has 2 heterocycles. The van der Waals surface area contributed by atoms with Gasteiger partial charge < -0.3 is 10.6 Å². The van der Waals surface area contributed by atoms with Gasteiger partial charge in [0.1, 0.15) is 0 Å². The van der Waals surface area contributed by atoms with Crippen LogP contribution in [0.4, 0.5) is 5.82 Å². The quantitative estimate of drug-likeness (QED) is 0.484. The second-order valence-corrected chi connectivity index (χ2v) is 7.12. The number of thiocarbonyl (C=S) groups is 1. The Morgan fingerprint density at radius 1 is 1.11 bits per heavy atom. The van der Waals surface area contributed by atoms with E-state index in [4.69, 9.17) is 12.2 Å². The van der Waals surface area contributed by atoms with Crippen molar-refractivity contribution in [2.24, 2.45) is 0 Å². The van der Waals surface area contributed by atoms with Gasteiger partial charge in [0.05, 0.1) is 12.2 Å². The van der Waals surface area contributed by atoms with Gasteiger partial charge in [-0.2, -0.15) is 10.2 Å². The van der Waals surface area contributed by atoms with Crippen LogP contribution >= 0.6 is 12.2 Å². The molecular weight excluding hydrogens is 356 g/mol. The molecule has 2 N–H and O–H groups in total. The van der Waals surface area contributed by atoms with E-state index in [0.29, 0.717) is 5.11 Å². The summed E-state index contributed by atoms with van der Waals surface area (Å²) in [5, 5.41) is 16.0. The van der Waals surface area contributed by atoms with Crippen molar-refractivity contribution in [2.45, 2.75) is 40.3 Å². The topological polar surface area (TPSA) is 59.7 Å². The fourth-order valence-electron chi connectivity index (χ4n) is 2.97. The average molecular weight is 383 g/mol. The largest absolute Gasteiger partial charge is 0.362 e. The molecule has 0 bridgehead atoms. The van der Waals surface area contributed by atoms with Crippen molar-refractivity contribution in [3.63, 3.8) is 0 Å². The smallest absolute Gasteiger partial charge is 0.171 e. The van der Waals surface area contributed by atoms with Gasteiger partial charge in [-0.25, -0.2) is 0 Å². The average Bonchev–Trinajstić information content (AvgIpc) is 3.19. The molecule has 0 amide bonds. The zero-order chi connectivity index (χ0) is 19.2. The van der Waals surface area contributed by atoms with Gasteiger partial charge >= 0.3 is 0 Å². The minimum atomic E-state index is 0.588. The molecule has 0 saturated heterocycles. The van der Waals surface area contributed by atoms with Crippen molar-refractivity contribution in [3.05, 3.63) is 65.1 Å². The monoisotopic (exact) mass is 382 g/mol. The highest BCUT2D eigenvalue weighted by atomic mass is 32.1. The van der Waals surface area contributed by atoms with Gasteiger partial charge in [-0.3, -0.25) is 9.36 Å². The van der Waals surface area contributed by atoms with Crippen LogP contribution in [-0.2, 0) is 13.1 Å². The summed E-state index contributed by atoms with van der Waals surface area (Å²) in [4.78, 5) is 0. The highest BCUT2D eigenvalue weighted by molar-refractivity contribution is 7.80. The van der Waals surface area contributed by atoms with E-state index in [0.717, 1.165) is 37.6 Å². The van der Waals surface area contributed by atoms with Crippen molar-refractivity contribution in [3.8, 4) is 0 Å². The third-order valence-corrected chi connectivity index (χ3v) is 4.66. The standard InChI is InChI=1S/C20H26N6S/c1-15-7-4-5-8-18(15)14-25-12-9-19(24-25)22-20(27)21-10-6-11-26-17(3)13-16(2)23-26/h4-5,7-9,12-13H,6,10-11,14H2,1-3H3,(H2,21,22,24,27). The molecule has 0 fully saturated rings. The highest BCUT2D eigenvalue weighted by Crippen LogP contribution is 2.10. The van der Waals surface area contributed by atoms with Gasteiger partial charge in [0.25, 0.3) is 0 Å². The molecule has 6 nitrogen and oxygen atoms in total. The number of hydrogen-bond acceptors (Lipinski definition) is 3. The molecule has 0 radical (unpaired) electrons. The molecular formula is C20H26N6S. The lowest BCUT2D eigenvalue weighted by Gasteiger charge is -2.09. The minimum Gasteiger partial charge on any atom is -0.362 e. The lowest BCUT2D eigenvalue weighted by molar-refractivity contribution is 0.558. The summed E-state index contributed by atoms with van der Waals surface area (Å²) in [6.45, 7) is 8.61. The SMILES string of the molecule is Cc1cc(C)n(CCCNC(=S)Nc2ccn(Cc3ccccc3C)n2)n1. The molecule has 27 heavy (non-hydrogen) atoms. The summed E-state index contributed by atoms with van der Waals surface area (Å²) in [6.07, 6.45) is 2.91. The Morgan fingerprint density at radius 2 is 1.93 bits per heavy atom. The number of nitrogens with one attached hydrogen (secondary N) is 2. The van der Waals surface area contributed by atoms with Gasteiger partial charge in [-0.05, 0) is 56.6 Å². The first kappa shape index (κ1) is 19.1. The summed E-state index contributed by atoms with van der Waals surface area (Å²) in [5.41, 5.74) is 4.77. The number of nitrogens with zero attached hydrogens (tertiary/aromatic N) is 4. The zero-order valence-electron chi connectivity index (χ0n) is 16.1. The summed E-state index contributed by atoms with van der Waals surface area (Å²) in [7, 11) is 0. The lowest BCUT2D eigenvalue weighted by Crippen LogP contribution is -2.30. The Morgan fingerprint density at radius 3 is 2.67 bits per heavy atom. The molecule has 3 rings (SSSR count). The Hall–Kier alpha value is -2.67.